The van der Waals surface area contributed by atoms with Crippen LogP contribution in [0.15, 0.2) is 59.4 Å². The lowest BCUT2D eigenvalue weighted by Gasteiger charge is -2.34. The third-order valence-electron chi connectivity index (χ3n) is 6.68. The van der Waals surface area contributed by atoms with Crippen molar-refractivity contribution >= 4 is 22.2 Å². The first-order chi connectivity index (χ1) is 17.7. The van der Waals surface area contributed by atoms with Gasteiger partial charge in [-0.3, -0.25) is 14.5 Å². The van der Waals surface area contributed by atoms with Crippen molar-refractivity contribution in [3.05, 3.63) is 81.8 Å². The Hall–Kier alpha value is -3.56. The molecule has 0 N–H and O–H groups in total. The second-order valence-electron chi connectivity index (χ2n) is 10.3. The molecule has 192 valence electrons. The summed E-state index contributed by atoms with van der Waals surface area (Å²) >= 11 is 1.36. The van der Waals surface area contributed by atoms with Crippen molar-refractivity contribution in [3.8, 4) is 16.3 Å². The van der Waals surface area contributed by atoms with Crippen LogP contribution in [0.25, 0.3) is 15.5 Å². The molecule has 9 heteroatoms. The molecule has 8 nitrogen and oxygen atoms in total. The highest BCUT2D eigenvalue weighted by atomic mass is 32.1. The highest BCUT2D eigenvalue weighted by molar-refractivity contribution is 7.19. The van der Waals surface area contributed by atoms with Gasteiger partial charge < -0.3 is 9.64 Å². The Bertz CT molecular complexity index is 1480. The van der Waals surface area contributed by atoms with Gasteiger partial charge in [-0.1, -0.05) is 56.4 Å². The van der Waals surface area contributed by atoms with Crippen LogP contribution in [0.5, 0.6) is 5.75 Å². The van der Waals surface area contributed by atoms with Gasteiger partial charge in [0.15, 0.2) is 5.01 Å². The highest BCUT2D eigenvalue weighted by Crippen LogP contribution is 2.32. The second-order valence-corrected chi connectivity index (χ2v) is 11.2. The van der Waals surface area contributed by atoms with Crippen LogP contribution in [-0.2, 0) is 12.0 Å². The maximum Gasteiger partial charge on any atom is 0.275 e. The smallest absolute Gasteiger partial charge is 0.275 e. The molecule has 0 atom stereocenters. The van der Waals surface area contributed by atoms with Crippen molar-refractivity contribution < 1.29 is 9.53 Å². The lowest BCUT2D eigenvalue weighted by atomic mass is 9.86. The summed E-state index contributed by atoms with van der Waals surface area (Å²) in [5, 5.41) is 5.16. The van der Waals surface area contributed by atoms with Gasteiger partial charge in [0.2, 0.25) is 4.96 Å². The van der Waals surface area contributed by atoms with Gasteiger partial charge >= 0.3 is 0 Å². The van der Waals surface area contributed by atoms with Crippen LogP contribution < -0.4 is 10.3 Å². The molecule has 37 heavy (non-hydrogen) atoms. The molecule has 0 bridgehead atoms. The lowest BCUT2D eigenvalue weighted by molar-refractivity contribution is 0.0627. The summed E-state index contributed by atoms with van der Waals surface area (Å²) < 4.78 is 6.79. The predicted octanol–water partition coefficient (Wildman–Crippen LogP) is 4.08. The number of carbonyl (C=O) groups is 1. The molecule has 5 rings (SSSR count). The van der Waals surface area contributed by atoms with Gasteiger partial charge in [0, 0.05) is 44.4 Å². The zero-order chi connectivity index (χ0) is 26.2. The Morgan fingerprint density at radius 2 is 1.73 bits per heavy atom. The molecule has 0 saturated carbocycles. The van der Waals surface area contributed by atoms with Gasteiger partial charge in [-0.15, -0.1) is 0 Å². The van der Waals surface area contributed by atoms with E-state index in [-0.39, 0.29) is 16.9 Å². The van der Waals surface area contributed by atoms with E-state index < -0.39 is 0 Å². The van der Waals surface area contributed by atoms with Crippen LogP contribution in [0.4, 0.5) is 0 Å². The molecule has 0 aliphatic carbocycles. The molecule has 1 fully saturated rings. The Morgan fingerprint density at radius 3 is 2.41 bits per heavy atom. The van der Waals surface area contributed by atoms with Gasteiger partial charge in [-0.25, -0.2) is 4.98 Å². The molecule has 0 radical (unpaired) electrons. The summed E-state index contributed by atoms with van der Waals surface area (Å²) in [4.78, 5) is 35.2. The van der Waals surface area contributed by atoms with Crippen molar-refractivity contribution in [1.82, 2.24) is 24.4 Å². The Morgan fingerprint density at radius 1 is 1.03 bits per heavy atom. The lowest BCUT2D eigenvalue weighted by Crippen LogP contribution is -2.48. The molecule has 1 aliphatic heterocycles. The molecule has 0 spiro atoms. The molecule has 1 aliphatic rings. The van der Waals surface area contributed by atoms with Crippen LogP contribution in [-0.4, -0.2) is 63.6 Å². The Balaban J connectivity index is 1.25. The number of methoxy groups -OCH3 is 1. The van der Waals surface area contributed by atoms with Crippen molar-refractivity contribution in [2.45, 2.75) is 32.7 Å². The maximum absolute atomic E-state index is 13.0. The minimum atomic E-state index is -0.204. The van der Waals surface area contributed by atoms with Crippen LogP contribution in [0.1, 0.15) is 42.4 Å². The number of hydrogen-bond donors (Lipinski definition) is 0. The number of ether oxygens (including phenoxy) is 1. The summed E-state index contributed by atoms with van der Waals surface area (Å²) in [5.74, 6) is 0.763. The fraction of sp³-hybridized carbons (Fsp3) is 0.357. The molecule has 2 aromatic carbocycles. The SMILES string of the molecule is COc1ccccc1-c1nn2c(=O)cc(CN3CCN(C(=O)c4ccc(C(C)(C)C)cc4)CC3)nc2s1. The molecule has 3 heterocycles. The van der Waals surface area contributed by atoms with Crippen molar-refractivity contribution in [1.29, 1.82) is 0 Å². The van der Waals surface area contributed by atoms with Gasteiger partial charge in [-0.05, 0) is 35.2 Å². The average molecular weight is 518 g/mol. The van der Waals surface area contributed by atoms with E-state index in [0.29, 0.717) is 41.0 Å². The number of benzene rings is 2. The average Bonchev–Trinajstić information content (AvgIpc) is 3.33. The second kappa shape index (κ2) is 10.1. The molecular weight excluding hydrogens is 486 g/mol. The normalized spacial score (nSPS) is 14.8. The zero-order valence-corrected chi connectivity index (χ0v) is 22.4. The molecule has 1 saturated heterocycles. The predicted molar refractivity (Wildman–Crippen MR) is 145 cm³/mol. The van der Waals surface area contributed by atoms with Crippen molar-refractivity contribution in [2.75, 3.05) is 33.3 Å². The molecule has 0 unspecified atom stereocenters. The van der Waals surface area contributed by atoms with E-state index in [0.717, 1.165) is 24.2 Å². The summed E-state index contributed by atoms with van der Waals surface area (Å²) in [7, 11) is 1.62. The molecule has 4 aromatic rings. The number of hydrogen-bond acceptors (Lipinski definition) is 7. The summed E-state index contributed by atoms with van der Waals surface area (Å²) in [6.45, 7) is 9.77. The number of aromatic nitrogens is 3. The summed E-state index contributed by atoms with van der Waals surface area (Å²) in [6, 6.07) is 17.1. The minimum Gasteiger partial charge on any atom is -0.496 e. The quantitative estimate of drug-likeness (QED) is 0.397. The van der Waals surface area contributed by atoms with Crippen molar-refractivity contribution in [3.63, 3.8) is 0 Å². The van der Waals surface area contributed by atoms with Crippen LogP contribution >= 0.6 is 11.3 Å². The number of nitrogens with zero attached hydrogens (tertiary/aromatic N) is 5. The van der Waals surface area contributed by atoms with Gasteiger partial charge in [0.05, 0.1) is 18.4 Å². The Labute approximate surface area is 220 Å². The fourth-order valence-electron chi connectivity index (χ4n) is 4.50. The minimum absolute atomic E-state index is 0.0574. The number of amides is 1. The first-order valence-electron chi connectivity index (χ1n) is 12.4. The molecule has 2 aromatic heterocycles. The monoisotopic (exact) mass is 517 g/mol. The van der Waals surface area contributed by atoms with Gasteiger partial charge in [0.25, 0.3) is 11.5 Å². The first-order valence-corrected chi connectivity index (χ1v) is 13.2. The number of fused-ring (bicyclic) bond motifs is 1. The number of rotatable bonds is 5. The third-order valence-corrected chi connectivity index (χ3v) is 7.62. The zero-order valence-electron chi connectivity index (χ0n) is 21.6. The van der Waals surface area contributed by atoms with E-state index >= 15 is 0 Å². The summed E-state index contributed by atoms with van der Waals surface area (Å²) in [6.07, 6.45) is 0. The van der Waals surface area contributed by atoms with Crippen LogP contribution in [0.2, 0.25) is 0 Å². The highest BCUT2D eigenvalue weighted by Gasteiger charge is 2.24. The van der Waals surface area contributed by atoms with E-state index in [1.807, 2.05) is 53.4 Å². The largest absolute Gasteiger partial charge is 0.496 e. The standard InChI is InChI=1S/C28H31N5O3S/c1-28(2,3)20-11-9-19(10-12-20)26(35)32-15-13-31(14-16-32)18-21-17-24(34)33-27(29-21)37-25(30-33)22-7-5-6-8-23(22)36-4/h5-12,17H,13-16,18H2,1-4H3. The van der Waals surface area contributed by atoms with E-state index in [4.69, 9.17) is 9.72 Å². The molecule has 1 amide bonds. The van der Waals surface area contributed by atoms with E-state index in [9.17, 15) is 9.59 Å². The fourth-order valence-corrected chi connectivity index (χ4v) is 5.46. The van der Waals surface area contributed by atoms with Crippen molar-refractivity contribution in [2.24, 2.45) is 0 Å². The van der Waals surface area contributed by atoms with E-state index in [2.05, 4.69) is 30.8 Å². The third kappa shape index (κ3) is 5.28. The van der Waals surface area contributed by atoms with E-state index in [1.54, 1.807) is 13.2 Å². The summed E-state index contributed by atoms with van der Waals surface area (Å²) in [5.41, 5.74) is 3.32. The number of piperazine rings is 1. The topological polar surface area (TPSA) is 80.0 Å². The van der Waals surface area contributed by atoms with Crippen LogP contribution in [0, 0.1) is 0 Å². The first kappa shape index (κ1) is 25.1. The van der Waals surface area contributed by atoms with E-state index in [1.165, 1.54) is 21.4 Å². The van der Waals surface area contributed by atoms with Gasteiger partial charge in [-0.2, -0.15) is 9.61 Å². The Kier molecular flexibility index (Phi) is 6.83. The number of carbonyl (C=O) groups excluding carboxylic acids is 1. The number of para-hydroxylation sites is 1. The van der Waals surface area contributed by atoms with Gasteiger partial charge in [0.1, 0.15) is 5.75 Å². The molecular formula is C28H31N5O3S. The maximum atomic E-state index is 13.0. The van der Waals surface area contributed by atoms with Crippen LogP contribution in [0.3, 0.4) is 0 Å².